The Morgan fingerprint density at radius 1 is 1.37 bits per heavy atom. The average Bonchev–Trinajstić information content (AvgIpc) is 3.18. The van der Waals surface area contributed by atoms with Crippen LogP contribution in [0, 0.1) is 0 Å². The van der Waals surface area contributed by atoms with E-state index in [1.54, 1.807) is 16.1 Å². The van der Waals surface area contributed by atoms with Crippen LogP contribution in [-0.4, -0.2) is 41.4 Å². The van der Waals surface area contributed by atoms with Crippen LogP contribution in [0.1, 0.15) is 30.5 Å². The molecule has 0 bridgehead atoms. The Hall–Kier alpha value is -1.08. The molecule has 2 aliphatic rings. The number of hydrogen-bond acceptors (Lipinski definition) is 4. The predicted molar refractivity (Wildman–Crippen MR) is 70.4 cm³/mol. The number of nitrogens with zero attached hydrogens (tertiary/aromatic N) is 3. The van der Waals surface area contributed by atoms with E-state index < -0.39 is 10.0 Å². The number of fused-ring (bicyclic) bond motifs is 1. The van der Waals surface area contributed by atoms with Crippen LogP contribution in [0.25, 0.3) is 0 Å². The van der Waals surface area contributed by atoms with Gasteiger partial charge in [0.1, 0.15) is 0 Å². The zero-order valence-electron chi connectivity index (χ0n) is 11.3. The number of methoxy groups -OCH3 is 1. The molecule has 0 N–H and O–H groups in total. The van der Waals surface area contributed by atoms with Crippen LogP contribution >= 0.6 is 0 Å². The first kappa shape index (κ1) is 12.9. The number of rotatable bonds is 3. The molecule has 1 aromatic heterocycles. The van der Waals surface area contributed by atoms with Crippen molar-refractivity contribution < 1.29 is 13.2 Å². The largest absolute Gasteiger partial charge is 0.480 e. The highest BCUT2D eigenvalue weighted by atomic mass is 32.2. The Labute approximate surface area is 113 Å². The molecule has 1 saturated carbocycles. The van der Waals surface area contributed by atoms with Gasteiger partial charge in [-0.2, -0.15) is 4.31 Å². The van der Waals surface area contributed by atoms with Crippen molar-refractivity contribution in [2.45, 2.75) is 37.5 Å². The quantitative estimate of drug-likeness (QED) is 0.819. The molecule has 1 fully saturated rings. The van der Waals surface area contributed by atoms with Crippen molar-refractivity contribution in [3.05, 3.63) is 11.3 Å². The molecule has 106 valence electrons. The Kier molecular flexibility index (Phi) is 3.05. The summed E-state index contributed by atoms with van der Waals surface area (Å²) < 4.78 is 33.4. The molecule has 1 aromatic rings. The summed E-state index contributed by atoms with van der Waals surface area (Å²) in [6.07, 6.45) is 3.25. The van der Waals surface area contributed by atoms with Crippen molar-refractivity contribution in [1.82, 2.24) is 14.1 Å². The molecule has 7 heteroatoms. The normalized spacial score (nSPS) is 20.9. The van der Waals surface area contributed by atoms with Gasteiger partial charge in [-0.15, -0.1) is 5.10 Å². The Morgan fingerprint density at radius 2 is 2.11 bits per heavy atom. The molecule has 0 unspecified atom stereocenters. The minimum Gasteiger partial charge on any atom is -0.480 e. The van der Waals surface area contributed by atoms with E-state index in [0.717, 1.165) is 36.9 Å². The molecule has 0 amide bonds. The number of ether oxygens (including phenoxy) is 1. The number of hydrogen-bond donors (Lipinski definition) is 0. The van der Waals surface area contributed by atoms with E-state index in [4.69, 9.17) is 4.74 Å². The minimum absolute atomic E-state index is 0.149. The second-order valence-electron chi connectivity index (χ2n) is 5.24. The van der Waals surface area contributed by atoms with Crippen molar-refractivity contribution >= 4 is 10.0 Å². The molecule has 1 aliphatic carbocycles. The van der Waals surface area contributed by atoms with Crippen LogP contribution in [0.15, 0.2) is 0 Å². The van der Waals surface area contributed by atoms with Gasteiger partial charge in [0, 0.05) is 19.2 Å². The molecule has 0 saturated heterocycles. The summed E-state index contributed by atoms with van der Waals surface area (Å²) in [5, 5.41) is 4.15. The molecule has 0 radical (unpaired) electrons. The lowest BCUT2D eigenvalue weighted by atomic mass is 10.1. The molecule has 1 aliphatic heterocycles. The van der Waals surface area contributed by atoms with Crippen LogP contribution in [0.5, 0.6) is 5.88 Å². The summed E-state index contributed by atoms with van der Waals surface area (Å²) in [6.45, 7) is 1.01. The van der Waals surface area contributed by atoms with E-state index in [2.05, 4.69) is 5.10 Å². The van der Waals surface area contributed by atoms with Crippen molar-refractivity contribution in [1.29, 1.82) is 0 Å². The first-order valence-corrected chi connectivity index (χ1v) is 8.12. The van der Waals surface area contributed by atoms with E-state index in [1.807, 2.05) is 7.05 Å². The van der Waals surface area contributed by atoms with Gasteiger partial charge in [0.15, 0.2) is 0 Å². The zero-order valence-corrected chi connectivity index (χ0v) is 12.1. The van der Waals surface area contributed by atoms with Gasteiger partial charge in [-0.25, -0.2) is 8.42 Å². The second kappa shape index (κ2) is 4.49. The third-order valence-electron chi connectivity index (χ3n) is 3.90. The molecular formula is C12H19N3O3S. The highest BCUT2D eigenvalue weighted by Gasteiger charge is 2.41. The maximum atomic E-state index is 12.4. The summed E-state index contributed by atoms with van der Waals surface area (Å²) in [5.41, 5.74) is 2.01. The van der Waals surface area contributed by atoms with Crippen LogP contribution in [0.3, 0.4) is 0 Å². The predicted octanol–water partition coefficient (Wildman–Crippen LogP) is 0.669. The number of aromatic nitrogens is 2. The van der Waals surface area contributed by atoms with Crippen molar-refractivity contribution in [3.8, 4) is 5.88 Å². The molecule has 2 heterocycles. The third-order valence-corrected chi connectivity index (χ3v) is 6.24. The molecule has 0 aromatic carbocycles. The maximum Gasteiger partial charge on any atom is 0.236 e. The van der Waals surface area contributed by atoms with E-state index in [-0.39, 0.29) is 5.25 Å². The van der Waals surface area contributed by atoms with Crippen LogP contribution in [0.2, 0.25) is 0 Å². The van der Waals surface area contributed by atoms with Gasteiger partial charge < -0.3 is 4.74 Å². The number of sulfonamides is 1. The fourth-order valence-electron chi connectivity index (χ4n) is 2.66. The first-order valence-electron chi connectivity index (χ1n) is 6.61. The monoisotopic (exact) mass is 285 g/mol. The van der Waals surface area contributed by atoms with Gasteiger partial charge in [-0.3, -0.25) is 4.68 Å². The smallest absolute Gasteiger partial charge is 0.236 e. The molecular weight excluding hydrogens is 266 g/mol. The third kappa shape index (κ3) is 2.14. The topological polar surface area (TPSA) is 64.4 Å². The fraction of sp³-hybridized carbons (Fsp3) is 0.750. The van der Waals surface area contributed by atoms with Crippen LogP contribution in [0.4, 0.5) is 0 Å². The fourth-order valence-corrected chi connectivity index (χ4v) is 4.50. The standard InChI is InChI=1S/C12H19N3O3S/c1-14-11-8-15(19(16,17)9-5-6-9)7-3-4-10(11)12(13-14)18-2/h9H,3-8H2,1-2H3. The van der Waals surface area contributed by atoms with Gasteiger partial charge in [0.05, 0.1) is 24.6 Å². The van der Waals surface area contributed by atoms with Crippen LogP contribution < -0.4 is 4.74 Å². The van der Waals surface area contributed by atoms with Gasteiger partial charge in [0.2, 0.25) is 15.9 Å². The minimum atomic E-state index is -3.12. The molecule has 6 nitrogen and oxygen atoms in total. The average molecular weight is 285 g/mol. The summed E-state index contributed by atoms with van der Waals surface area (Å²) in [7, 11) is 0.328. The highest BCUT2D eigenvalue weighted by Crippen LogP contribution is 2.34. The summed E-state index contributed by atoms with van der Waals surface area (Å²) in [5.74, 6) is 0.628. The lowest BCUT2D eigenvalue weighted by Gasteiger charge is -2.20. The lowest BCUT2D eigenvalue weighted by molar-refractivity contribution is 0.380. The maximum absolute atomic E-state index is 12.4. The number of aryl methyl sites for hydroxylation is 1. The molecule has 0 spiro atoms. The van der Waals surface area contributed by atoms with Gasteiger partial charge >= 0.3 is 0 Å². The van der Waals surface area contributed by atoms with E-state index in [0.29, 0.717) is 19.0 Å². The Morgan fingerprint density at radius 3 is 2.74 bits per heavy atom. The van der Waals surface area contributed by atoms with E-state index in [9.17, 15) is 8.42 Å². The Bertz CT molecular complexity index is 590. The van der Waals surface area contributed by atoms with Gasteiger partial charge in [-0.05, 0) is 25.7 Å². The van der Waals surface area contributed by atoms with Gasteiger partial charge in [0.25, 0.3) is 0 Å². The van der Waals surface area contributed by atoms with Crippen molar-refractivity contribution in [3.63, 3.8) is 0 Å². The second-order valence-corrected chi connectivity index (χ2v) is 7.45. The summed E-state index contributed by atoms with van der Waals surface area (Å²) in [6, 6.07) is 0. The van der Waals surface area contributed by atoms with Crippen LogP contribution in [-0.2, 0) is 30.0 Å². The lowest BCUT2D eigenvalue weighted by Crippen LogP contribution is -2.34. The van der Waals surface area contributed by atoms with E-state index >= 15 is 0 Å². The summed E-state index contributed by atoms with van der Waals surface area (Å²) >= 11 is 0. The van der Waals surface area contributed by atoms with Gasteiger partial charge in [-0.1, -0.05) is 0 Å². The first-order chi connectivity index (χ1) is 9.04. The highest BCUT2D eigenvalue weighted by molar-refractivity contribution is 7.90. The summed E-state index contributed by atoms with van der Waals surface area (Å²) in [4.78, 5) is 0. The molecule has 0 atom stereocenters. The molecule has 3 rings (SSSR count). The Balaban J connectivity index is 1.94. The van der Waals surface area contributed by atoms with Crippen molar-refractivity contribution in [2.75, 3.05) is 13.7 Å². The SMILES string of the molecule is COc1nn(C)c2c1CCCN(S(=O)(=O)C1CC1)C2. The zero-order chi connectivity index (χ0) is 13.6. The van der Waals surface area contributed by atoms with E-state index in [1.165, 1.54) is 0 Å². The molecule has 19 heavy (non-hydrogen) atoms. The van der Waals surface area contributed by atoms with Crippen molar-refractivity contribution in [2.24, 2.45) is 7.05 Å².